The Morgan fingerprint density at radius 2 is 1.96 bits per heavy atom. The number of H-pyrrole nitrogens is 1. The van der Waals surface area contributed by atoms with Crippen LogP contribution in [0.15, 0.2) is 64.2 Å². The van der Waals surface area contributed by atoms with Crippen molar-refractivity contribution in [2.24, 2.45) is 5.10 Å². The zero-order valence-corrected chi connectivity index (χ0v) is 15.9. The molecule has 1 heterocycles. The second-order valence-electron chi connectivity index (χ2n) is 5.60. The summed E-state index contributed by atoms with van der Waals surface area (Å²) in [4.78, 5) is 23.9. The highest BCUT2D eigenvalue weighted by atomic mass is 79.9. The maximum atomic E-state index is 12.1. The number of esters is 1. The Hall–Kier alpha value is -3.26. The number of benzene rings is 2. The van der Waals surface area contributed by atoms with E-state index < -0.39 is 11.9 Å². The SMILES string of the molecule is Cc1cc(C(=O)NN=Cc2ccc(OC(=O)c3cccc(Br)c3)cc2)n[nH]1. The summed E-state index contributed by atoms with van der Waals surface area (Å²) >= 11 is 3.32. The van der Waals surface area contributed by atoms with Crippen molar-refractivity contribution >= 4 is 34.0 Å². The molecule has 7 nitrogen and oxygen atoms in total. The highest BCUT2D eigenvalue weighted by Gasteiger charge is 2.09. The zero-order valence-electron chi connectivity index (χ0n) is 14.3. The third kappa shape index (κ3) is 5.11. The molecule has 0 radical (unpaired) electrons. The van der Waals surface area contributed by atoms with E-state index in [4.69, 9.17) is 4.74 Å². The van der Waals surface area contributed by atoms with E-state index in [9.17, 15) is 9.59 Å². The van der Waals surface area contributed by atoms with Crippen LogP contribution in [-0.4, -0.2) is 28.3 Å². The summed E-state index contributed by atoms with van der Waals surface area (Å²) in [6.07, 6.45) is 1.48. The number of ether oxygens (including phenoxy) is 1. The number of hydrogen-bond acceptors (Lipinski definition) is 5. The van der Waals surface area contributed by atoms with E-state index in [-0.39, 0.29) is 5.69 Å². The number of hydrazone groups is 1. The predicted molar refractivity (Wildman–Crippen MR) is 104 cm³/mol. The van der Waals surface area contributed by atoms with Crippen LogP contribution in [0.25, 0.3) is 0 Å². The van der Waals surface area contributed by atoms with Gasteiger partial charge in [0.05, 0.1) is 11.8 Å². The molecule has 0 fully saturated rings. The molecule has 136 valence electrons. The maximum absolute atomic E-state index is 12.1. The van der Waals surface area contributed by atoms with E-state index in [1.807, 2.05) is 6.07 Å². The van der Waals surface area contributed by atoms with Gasteiger partial charge in [-0.15, -0.1) is 0 Å². The molecule has 0 saturated heterocycles. The second kappa shape index (κ2) is 8.41. The standard InChI is InChI=1S/C19H15BrN4O3/c1-12-9-17(23-22-12)18(25)24-21-11-13-5-7-16(8-6-13)27-19(26)14-3-2-4-15(20)10-14/h2-11H,1H3,(H,22,23)(H,24,25). The van der Waals surface area contributed by atoms with Crippen LogP contribution < -0.4 is 10.2 Å². The van der Waals surface area contributed by atoms with Gasteiger partial charge in [-0.1, -0.05) is 22.0 Å². The van der Waals surface area contributed by atoms with Gasteiger partial charge in [0.15, 0.2) is 5.69 Å². The van der Waals surface area contributed by atoms with Gasteiger partial charge in [-0.2, -0.15) is 10.2 Å². The van der Waals surface area contributed by atoms with Crippen LogP contribution in [0.2, 0.25) is 0 Å². The number of aryl methyl sites for hydroxylation is 1. The van der Waals surface area contributed by atoms with Crippen molar-refractivity contribution in [3.63, 3.8) is 0 Å². The quantitative estimate of drug-likeness (QED) is 0.282. The Balaban J connectivity index is 1.57. The first-order chi connectivity index (χ1) is 13.0. The fourth-order valence-electron chi connectivity index (χ4n) is 2.16. The van der Waals surface area contributed by atoms with E-state index >= 15 is 0 Å². The lowest BCUT2D eigenvalue weighted by Gasteiger charge is -2.05. The smallest absolute Gasteiger partial charge is 0.343 e. The Morgan fingerprint density at radius 3 is 2.63 bits per heavy atom. The third-order valence-corrected chi connectivity index (χ3v) is 3.96. The maximum Gasteiger partial charge on any atom is 0.343 e. The summed E-state index contributed by atoms with van der Waals surface area (Å²) in [5.74, 6) is -0.442. The highest BCUT2D eigenvalue weighted by Crippen LogP contribution is 2.16. The average molecular weight is 427 g/mol. The molecule has 2 aromatic carbocycles. The van der Waals surface area contributed by atoms with Crippen LogP contribution in [0, 0.1) is 6.92 Å². The van der Waals surface area contributed by atoms with Gasteiger partial charge in [-0.3, -0.25) is 9.89 Å². The largest absolute Gasteiger partial charge is 0.423 e. The van der Waals surface area contributed by atoms with Crippen molar-refractivity contribution in [3.8, 4) is 5.75 Å². The number of carbonyl (C=O) groups excluding carboxylic acids is 2. The van der Waals surface area contributed by atoms with Gasteiger partial charge in [-0.25, -0.2) is 10.2 Å². The van der Waals surface area contributed by atoms with Gasteiger partial charge in [0.2, 0.25) is 0 Å². The lowest BCUT2D eigenvalue weighted by molar-refractivity contribution is 0.0734. The Morgan fingerprint density at radius 1 is 1.19 bits per heavy atom. The summed E-state index contributed by atoms with van der Waals surface area (Å²) in [6.45, 7) is 1.80. The van der Waals surface area contributed by atoms with Crippen molar-refractivity contribution in [3.05, 3.63) is 81.6 Å². The fraction of sp³-hybridized carbons (Fsp3) is 0.0526. The van der Waals surface area contributed by atoms with E-state index in [0.717, 1.165) is 15.7 Å². The number of aromatic amines is 1. The predicted octanol–water partition coefficient (Wildman–Crippen LogP) is 3.46. The minimum absolute atomic E-state index is 0.263. The lowest BCUT2D eigenvalue weighted by Crippen LogP contribution is -2.18. The molecule has 0 spiro atoms. The molecular weight excluding hydrogens is 412 g/mol. The third-order valence-electron chi connectivity index (χ3n) is 3.47. The number of halogens is 1. The molecule has 0 aliphatic carbocycles. The van der Waals surface area contributed by atoms with Crippen molar-refractivity contribution in [2.45, 2.75) is 6.92 Å². The highest BCUT2D eigenvalue weighted by molar-refractivity contribution is 9.10. The van der Waals surface area contributed by atoms with Crippen LogP contribution in [0.5, 0.6) is 5.75 Å². The summed E-state index contributed by atoms with van der Waals surface area (Å²) in [7, 11) is 0. The van der Waals surface area contributed by atoms with Gasteiger partial charge in [-0.05, 0) is 61.0 Å². The minimum atomic E-state index is -0.445. The topological polar surface area (TPSA) is 96.4 Å². The van der Waals surface area contributed by atoms with E-state index in [2.05, 4.69) is 36.7 Å². The first-order valence-electron chi connectivity index (χ1n) is 7.94. The van der Waals surface area contributed by atoms with Gasteiger partial charge >= 0.3 is 5.97 Å². The molecule has 0 bridgehead atoms. The van der Waals surface area contributed by atoms with E-state index in [0.29, 0.717) is 11.3 Å². The molecule has 0 atom stereocenters. The zero-order chi connectivity index (χ0) is 19.2. The average Bonchev–Trinajstić information content (AvgIpc) is 3.09. The van der Waals surface area contributed by atoms with Crippen molar-refractivity contribution < 1.29 is 14.3 Å². The van der Waals surface area contributed by atoms with Crippen molar-refractivity contribution in [1.29, 1.82) is 0 Å². The number of rotatable bonds is 5. The molecule has 2 N–H and O–H groups in total. The van der Waals surface area contributed by atoms with Gasteiger partial charge in [0.25, 0.3) is 5.91 Å². The lowest BCUT2D eigenvalue weighted by atomic mass is 10.2. The summed E-state index contributed by atoms with van der Waals surface area (Å²) < 4.78 is 6.13. The van der Waals surface area contributed by atoms with Gasteiger partial charge in [0, 0.05) is 10.2 Å². The Labute approximate surface area is 163 Å². The normalized spacial score (nSPS) is 10.7. The molecule has 1 aromatic heterocycles. The molecule has 3 aromatic rings. The van der Waals surface area contributed by atoms with E-state index in [1.165, 1.54) is 6.21 Å². The number of aromatic nitrogens is 2. The molecule has 0 unspecified atom stereocenters. The summed E-state index contributed by atoms with van der Waals surface area (Å²) in [5.41, 5.74) is 4.63. The number of amides is 1. The fourth-order valence-corrected chi connectivity index (χ4v) is 2.56. The van der Waals surface area contributed by atoms with Crippen LogP contribution >= 0.6 is 15.9 Å². The van der Waals surface area contributed by atoms with E-state index in [1.54, 1.807) is 55.5 Å². The molecule has 0 aliphatic heterocycles. The summed E-state index contributed by atoms with van der Waals surface area (Å²) in [5, 5.41) is 10.4. The molecule has 1 amide bonds. The molecule has 27 heavy (non-hydrogen) atoms. The van der Waals surface area contributed by atoms with Crippen molar-refractivity contribution in [1.82, 2.24) is 15.6 Å². The molecule has 3 rings (SSSR count). The first kappa shape index (κ1) is 18.5. The Bertz CT molecular complexity index is 996. The molecule has 0 saturated carbocycles. The molecule has 0 aliphatic rings. The monoisotopic (exact) mass is 426 g/mol. The molecule has 8 heteroatoms. The van der Waals surface area contributed by atoms with Gasteiger partial charge < -0.3 is 4.74 Å². The van der Waals surface area contributed by atoms with Crippen molar-refractivity contribution in [2.75, 3.05) is 0 Å². The first-order valence-corrected chi connectivity index (χ1v) is 8.74. The van der Waals surface area contributed by atoms with Crippen LogP contribution in [0.4, 0.5) is 0 Å². The Kier molecular flexibility index (Phi) is 5.77. The van der Waals surface area contributed by atoms with Crippen LogP contribution in [0.3, 0.4) is 0 Å². The van der Waals surface area contributed by atoms with Crippen LogP contribution in [0.1, 0.15) is 32.1 Å². The number of carbonyl (C=O) groups is 2. The van der Waals surface area contributed by atoms with Gasteiger partial charge in [0.1, 0.15) is 5.75 Å². The number of hydrogen-bond donors (Lipinski definition) is 2. The second-order valence-corrected chi connectivity index (χ2v) is 6.52. The van der Waals surface area contributed by atoms with Crippen LogP contribution in [-0.2, 0) is 0 Å². The number of nitrogens with zero attached hydrogens (tertiary/aromatic N) is 2. The number of nitrogens with one attached hydrogen (secondary N) is 2. The summed E-state index contributed by atoms with van der Waals surface area (Å²) in [6, 6.07) is 15.3. The molecular formula is C19H15BrN4O3. The minimum Gasteiger partial charge on any atom is -0.423 e.